The maximum absolute atomic E-state index is 12.1. The average molecular weight is 223 g/mol. The van der Waals surface area contributed by atoms with Crippen molar-refractivity contribution in [2.75, 3.05) is 19.6 Å². The second kappa shape index (κ2) is 6.83. The number of nitrogens with one attached hydrogen (secondary N) is 1. The molecule has 2 unspecified atom stereocenters. The van der Waals surface area contributed by atoms with E-state index in [2.05, 4.69) is 5.32 Å². The minimum absolute atomic E-state index is 0. The lowest BCUT2D eigenvalue weighted by Crippen LogP contribution is -2.26. The van der Waals surface area contributed by atoms with Gasteiger partial charge in [-0.2, -0.15) is 0 Å². The van der Waals surface area contributed by atoms with E-state index in [1.807, 2.05) is 0 Å². The highest BCUT2D eigenvalue weighted by Gasteiger charge is 2.32. The van der Waals surface area contributed by atoms with E-state index in [9.17, 15) is 8.78 Å². The van der Waals surface area contributed by atoms with Gasteiger partial charge in [-0.05, 0) is 19.0 Å². The van der Waals surface area contributed by atoms with E-state index < -0.39 is 12.3 Å². The first-order chi connectivity index (χ1) is 4.75. The number of alkyl halides is 2. The molecule has 0 aromatic carbocycles. The molecule has 0 aromatic rings. The predicted octanol–water partition coefficient (Wildman–Crippen LogP) is 0.889. The van der Waals surface area contributed by atoms with Crippen molar-refractivity contribution in [1.82, 2.24) is 5.32 Å². The molecule has 0 aromatic heterocycles. The highest BCUT2D eigenvalue weighted by atomic mass is 35.5. The Morgan fingerprint density at radius 2 is 1.92 bits per heavy atom. The molecule has 3 N–H and O–H groups in total. The van der Waals surface area contributed by atoms with Crippen LogP contribution in [0.5, 0.6) is 0 Å². The van der Waals surface area contributed by atoms with Gasteiger partial charge in [0.25, 0.3) is 0 Å². The van der Waals surface area contributed by atoms with Crippen molar-refractivity contribution >= 4 is 24.8 Å². The summed E-state index contributed by atoms with van der Waals surface area (Å²) in [6.45, 7) is 1.42. The Hall–Kier alpha value is 0.360. The molecule has 0 bridgehead atoms. The van der Waals surface area contributed by atoms with Crippen molar-refractivity contribution in [3.63, 3.8) is 0 Å². The largest absolute Gasteiger partial charge is 0.330 e. The van der Waals surface area contributed by atoms with Crippen molar-refractivity contribution in [3.8, 4) is 0 Å². The third kappa shape index (κ3) is 3.39. The minimum Gasteiger partial charge on any atom is -0.330 e. The van der Waals surface area contributed by atoms with Crippen molar-refractivity contribution in [3.05, 3.63) is 0 Å². The zero-order valence-electron chi connectivity index (χ0n) is 6.50. The van der Waals surface area contributed by atoms with Crippen molar-refractivity contribution in [2.45, 2.75) is 6.43 Å². The van der Waals surface area contributed by atoms with Gasteiger partial charge in [-0.25, -0.2) is 8.78 Å². The van der Waals surface area contributed by atoms with Crippen LogP contribution in [0.25, 0.3) is 0 Å². The summed E-state index contributed by atoms with van der Waals surface area (Å²) in [5.41, 5.74) is 5.29. The normalized spacial score (nSPS) is 28.0. The molecule has 1 rings (SSSR count). The van der Waals surface area contributed by atoms with E-state index in [4.69, 9.17) is 5.73 Å². The fourth-order valence-corrected chi connectivity index (χ4v) is 1.31. The van der Waals surface area contributed by atoms with E-state index in [-0.39, 0.29) is 30.7 Å². The second-order valence-corrected chi connectivity index (χ2v) is 2.65. The van der Waals surface area contributed by atoms with E-state index in [0.29, 0.717) is 19.6 Å². The molecule has 0 radical (unpaired) electrons. The van der Waals surface area contributed by atoms with Crippen LogP contribution in [-0.2, 0) is 0 Å². The quantitative estimate of drug-likeness (QED) is 0.729. The summed E-state index contributed by atoms with van der Waals surface area (Å²) < 4.78 is 24.2. The summed E-state index contributed by atoms with van der Waals surface area (Å²) >= 11 is 0. The van der Waals surface area contributed by atoms with Crippen LogP contribution < -0.4 is 11.1 Å². The zero-order valence-corrected chi connectivity index (χ0v) is 8.14. The first-order valence-corrected chi connectivity index (χ1v) is 3.44. The van der Waals surface area contributed by atoms with Crippen LogP contribution in [0.15, 0.2) is 0 Å². The highest BCUT2D eigenvalue weighted by molar-refractivity contribution is 5.85. The minimum atomic E-state index is -2.22. The van der Waals surface area contributed by atoms with Gasteiger partial charge in [-0.1, -0.05) is 0 Å². The number of hydrogen-bond donors (Lipinski definition) is 2. The smallest absolute Gasteiger partial charge is 0.243 e. The van der Waals surface area contributed by atoms with Gasteiger partial charge in [0.1, 0.15) is 0 Å². The van der Waals surface area contributed by atoms with Crippen molar-refractivity contribution in [2.24, 2.45) is 17.6 Å². The van der Waals surface area contributed by atoms with E-state index in [1.54, 1.807) is 0 Å². The summed E-state index contributed by atoms with van der Waals surface area (Å²) in [4.78, 5) is 0. The molecule has 12 heavy (non-hydrogen) atoms. The fraction of sp³-hybridized carbons (Fsp3) is 1.00. The molecule has 0 saturated carbocycles. The number of rotatable bonds is 2. The van der Waals surface area contributed by atoms with E-state index in [0.717, 1.165) is 0 Å². The Balaban J connectivity index is 0. The van der Waals surface area contributed by atoms with Crippen LogP contribution >= 0.6 is 24.8 Å². The molecule has 2 atom stereocenters. The van der Waals surface area contributed by atoms with Gasteiger partial charge >= 0.3 is 0 Å². The lowest BCUT2D eigenvalue weighted by atomic mass is 9.97. The Morgan fingerprint density at radius 1 is 1.33 bits per heavy atom. The fourth-order valence-electron chi connectivity index (χ4n) is 1.31. The van der Waals surface area contributed by atoms with Gasteiger partial charge in [0.05, 0.1) is 0 Å². The number of hydrogen-bond acceptors (Lipinski definition) is 2. The Labute approximate surface area is 83.1 Å². The SMILES string of the molecule is Cl.Cl.NCC1CNCC1C(F)F. The van der Waals surface area contributed by atoms with Crippen LogP contribution in [0.3, 0.4) is 0 Å². The molecule has 1 aliphatic rings. The van der Waals surface area contributed by atoms with Crippen molar-refractivity contribution in [1.29, 1.82) is 0 Å². The lowest BCUT2D eigenvalue weighted by molar-refractivity contribution is 0.0663. The summed E-state index contributed by atoms with van der Waals surface area (Å²) in [5.74, 6) is -0.551. The molecule has 6 heteroatoms. The van der Waals surface area contributed by atoms with Crippen LogP contribution in [0.2, 0.25) is 0 Å². The number of nitrogens with two attached hydrogens (primary N) is 1. The Kier molecular flexibility index (Phi) is 8.46. The first kappa shape index (κ1) is 14.9. The van der Waals surface area contributed by atoms with E-state index in [1.165, 1.54) is 0 Å². The zero-order chi connectivity index (χ0) is 7.56. The van der Waals surface area contributed by atoms with Crippen LogP contribution in [0, 0.1) is 11.8 Å². The monoisotopic (exact) mass is 222 g/mol. The molecule has 1 heterocycles. The maximum Gasteiger partial charge on any atom is 0.243 e. The molecule has 76 valence electrons. The molecular weight excluding hydrogens is 209 g/mol. The average Bonchev–Trinajstić information content (AvgIpc) is 2.33. The summed E-state index contributed by atoms with van der Waals surface area (Å²) in [7, 11) is 0. The Morgan fingerprint density at radius 3 is 2.25 bits per heavy atom. The van der Waals surface area contributed by atoms with Crippen molar-refractivity contribution < 1.29 is 8.78 Å². The number of halogens is 4. The maximum atomic E-state index is 12.1. The summed E-state index contributed by atoms with van der Waals surface area (Å²) in [6, 6.07) is 0. The van der Waals surface area contributed by atoms with Crippen LogP contribution in [-0.4, -0.2) is 26.1 Å². The van der Waals surface area contributed by atoms with Crippen LogP contribution in [0.4, 0.5) is 8.78 Å². The third-order valence-electron chi connectivity index (χ3n) is 2.02. The second-order valence-electron chi connectivity index (χ2n) is 2.65. The standard InChI is InChI=1S/C6H12F2N2.2ClH/c7-6(8)5-3-10-2-4(5)1-9;;/h4-6,10H,1-3,9H2;2*1H. The van der Waals surface area contributed by atoms with Gasteiger partial charge < -0.3 is 11.1 Å². The molecular formula is C6H14Cl2F2N2. The van der Waals surface area contributed by atoms with Gasteiger partial charge in [-0.3, -0.25) is 0 Å². The van der Waals surface area contributed by atoms with Gasteiger partial charge in [0.2, 0.25) is 6.43 Å². The van der Waals surface area contributed by atoms with E-state index >= 15 is 0 Å². The molecule has 2 nitrogen and oxygen atoms in total. The third-order valence-corrected chi connectivity index (χ3v) is 2.02. The highest BCUT2D eigenvalue weighted by Crippen LogP contribution is 2.22. The van der Waals surface area contributed by atoms with Crippen LogP contribution in [0.1, 0.15) is 0 Å². The topological polar surface area (TPSA) is 38.0 Å². The Bertz CT molecular complexity index is 116. The van der Waals surface area contributed by atoms with Gasteiger partial charge in [0.15, 0.2) is 0 Å². The molecule has 1 saturated heterocycles. The lowest BCUT2D eigenvalue weighted by Gasteiger charge is -2.14. The first-order valence-electron chi connectivity index (χ1n) is 3.44. The molecule has 0 amide bonds. The van der Waals surface area contributed by atoms with Gasteiger partial charge in [0, 0.05) is 12.5 Å². The molecule has 1 aliphatic heterocycles. The van der Waals surface area contributed by atoms with Gasteiger partial charge in [-0.15, -0.1) is 24.8 Å². The summed E-state index contributed by atoms with van der Waals surface area (Å²) in [5, 5.41) is 2.89. The summed E-state index contributed by atoms with van der Waals surface area (Å²) in [6.07, 6.45) is -2.22. The molecule has 0 spiro atoms. The molecule has 0 aliphatic carbocycles. The predicted molar refractivity (Wildman–Crippen MR) is 49.4 cm³/mol. The molecule has 1 fully saturated rings.